The molecule has 22 nitrogen and oxygen atoms in total. The number of imide groups is 1. The van der Waals surface area contributed by atoms with Crippen LogP contribution in [0.4, 0.5) is 10.5 Å². The van der Waals surface area contributed by atoms with Crippen molar-refractivity contribution >= 4 is 76.4 Å². The third-order valence-corrected chi connectivity index (χ3v) is 17.7. The summed E-state index contributed by atoms with van der Waals surface area (Å²) in [6, 6.07) is 6.70. The molecule has 0 saturated carbocycles. The smallest absolute Gasteiger partial charge is 0.328 e. The summed E-state index contributed by atoms with van der Waals surface area (Å²) in [6.45, 7) is 12.6. The highest BCUT2D eigenvalue weighted by Gasteiger charge is 2.64. The molecule has 2 aromatic carbocycles. The van der Waals surface area contributed by atoms with E-state index in [1.807, 2.05) is 26.8 Å². The van der Waals surface area contributed by atoms with Crippen LogP contribution in [0, 0.1) is 23.7 Å². The second-order valence-corrected chi connectivity index (χ2v) is 24.7. The Morgan fingerprint density at radius 1 is 0.966 bits per heavy atom. The Hall–Kier alpha value is -7.01. The van der Waals surface area contributed by atoms with Crippen molar-refractivity contribution in [2.45, 2.75) is 180 Å². The van der Waals surface area contributed by atoms with E-state index in [0.29, 0.717) is 49.2 Å². The summed E-state index contributed by atoms with van der Waals surface area (Å²) in [5, 5.41) is 17.6. The number of Topliss-reactive ketones (excluding diaryl/α,β-unsaturated/α-hetero) is 2. The van der Waals surface area contributed by atoms with Crippen molar-refractivity contribution in [1.82, 2.24) is 20.4 Å². The number of amides is 7. The first-order valence-electron chi connectivity index (χ1n) is 29.9. The van der Waals surface area contributed by atoms with Gasteiger partial charge in [0.1, 0.15) is 52.1 Å². The van der Waals surface area contributed by atoms with Crippen molar-refractivity contribution in [3.63, 3.8) is 0 Å². The highest BCUT2D eigenvalue weighted by Crippen LogP contribution is 2.50. The van der Waals surface area contributed by atoms with E-state index in [-0.39, 0.29) is 104 Å². The second kappa shape index (κ2) is 30.3. The number of unbranched alkanes of at least 4 members (excludes halogenated alkanes) is 2. The van der Waals surface area contributed by atoms with Gasteiger partial charge in [-0.25, -0.2) is 9.59 Å². The van der Waals surface area contributed by atoms with Crippen molar-refractivity contribution < 1.29 is 76.7 Å². The number of anilines is 1. The Kier molecular flexibility index (Phi) is 24.0. The van der Waals surface area contributed by atoms with Crippen molar-refractivity contribution in [2.24, 2.45) is 29.4 Å². The number of esters is 2. The van der Waals surface area contributed by atoms with E-state index in [2.05, 4.69) is 10.6 Å². The number of nitrogens with zero attached hydrogens (tertiary/aromatic N) is 3. The SMILES string of the molecule is COc1cc2cc(c1Cl)N(C)C(=O)C[C@H](OC(=O)[C@H](C)N(C)C(=O)c1ccc(CC(=O)[C@H](CCCNC(N)=O)NC(=O)[C@@H](CC(=O)CCCCCN3C(=O)CC(C)C3=O)C(C)C)cc1)[C@]1(C)O[C@H]1[C@H](C)[C@@H]1C[C@@](O)(CC(=O)O1)[C@H](OC)/C=C/C=C(\C)C2. The quantitative estimate of drug-likeness (QED) is 0.0387. The van der Waals surface area contributed by atoms with E-state index in [4.69, 9.17) is 41.0 Å². The number of halogens is 1. The molecule has 2 aromatic rings. The van der Waals surface area contributed by atoms with Crippen molar-refractivity contribution in [1.29, 1.82) is 0 Å². The van der Waals surface area contributed by atoms with Gasteiger partial charge in [0.2, 0.25) is 23.6 Å². The van der Waals surface area contributed by atoms with Crippen molar-refractivity contribution in [2.75, 3.05) is 46.3 Å². The topological polar surface area (TPSA) is 300 Å². The Labute approximate surface area is 514 Å². The van der Waals surface area contributed by atoms with E-state index in [0.717, 1.165) is 11.1 Å². The number of benzene rings is 2. The van der Waals surface area contributed by atoms with Crippen LogP contribution in [-0.4, -0.2) is 163 Å². The van der Waals surface area contributed by atoms with Crippen molar-refractivity contribution in [3.8, 4) is 5.75 Å². The molecule has 11 atom stereocenters. The molecule has 87 heavy (non-hydrogen) atoms. The van der Waals surface area contributed by atoms with Gasteiger partial charge in [0.15, 0.2) is 5.78 Å². The number of nitrogens with one attached hydrogen (secondary N) is 2. The molecular weight excluding hydrogens is 1140 g/mol. The third-order valence-electron chi connectivity index (χ3n) is 17.4. The van der Waals surface area contributed by atoms with Gasteiger partial charge in [-0.3, -0.25) is 43.3 Å². The molecule has 0 aliphatic carbocycles. The number of nitrogens with two attached hydrogens (primary N) is 1. The maximum absolute atomic E-state index is 14.5. The highest BCUT2D eigenvalue weighted by atomic mass is 35.5. The molecule has 6 rings (SSSR count). The van der Waals surface area contributed by atoms with Crippen LogP contribution in [0.5, 0.6) is 5.75 Å². The third kappa shape index (κ3) is 17.6. The number of ether oxygens (including phenoxy) is 5. The van der Waals surface area contributed by atoms with Crippen LogP contribution in [0.2, 0.25) is 5.02 Å². The standard InChI is InChI=1S/C64H87ClN6O16/c1-36(2)45(32-44(72)18-13-12-14-26-71-54(75)28-38(4)59(71)78)58(77)68-46(19-16-25-67-62(66)81)48(73)30-41-21-23-43(24-22-41)60(79)69(8)40(6)61(80)86-52-33-53(74)70(9)47-29-42(31-49(83-10)56(47)65)27-37(3)17-15-20-51(84-11)64(82)34-50(85-55(76)35-64)39(5)57-63(52,7)87-57/h15,17,20-24,29,31,36,38-40,45-46,50-52,57,82H,12-14,16,18-19,25-28,30,32-35H2,1-11H3,(H,68,77)(H3,66,67,81)/b20-15+,37-17+/t38?,39-,40+,45+,46+,50+,51-,52+,57+,63+,64-/m1/s1. The molecule has 1 unspecified atom stereocenters. The lowest BCUT2D eigenvalue weighted by Gasteiger charge is -2.41. The van der Waals surface area contributed by atoms with Gasteiger partial charge in [-0.1, -0.05) is 81.7 Å². The Morgan fingerprint density at radius 3 is 2.30 bits per heavy atom. The van der Waals surface area contributed by atoms with E-state index < -0.39 is 102 Å². The van der Waals surface area contributed by atoms with Gasteiger partial charge in [-0.15, -0.1) is 0 Å². The average Bonchev–Trinajstić information content (AvgIpc) is 1.60. The summed E-state index contributed by atoms with van der Waals surface area (Å²) in [5.41, 5.74) is 4.93. The summed E-state index contributed by atoms with van der Waals surface area (Å²) >= 11 is 6.86. The van der Waals surface area contributed by atoms with Crippen LogP contribution in [0.1, 0.15) is 141 Å². The average molecular weight is 1230 g/mol. The van der Waals surface area contributed by atoms with Gasteiger partial charge >= 0.3 is 18.0 Å². The number of urea groups is 1. The molecule has 5 N–H and O–H groups in total. The maximum Gasteiger partial charge on any atom is 0.328 e. The monoisotopic (exact) mass is 1230 g/mol. The lowest BCUT2D eigenvalue weighted by molar-refractivity contribution is -0.187. The van der Waals surface area contributed by atoms with E-state index in [9.17, 15) is 53.1 Å². The molecule has 4 aliphatic rings. The normalized spacial score (nSPS) is 26.1. The number of hydrogen-bond donors (Lipinski definition) is 4. The zero-order valence-corrected chi connectivity index (χ0v) is 52.7. The number of aliphatic hydroxyl groups is 1. The first kappa shape index (κ1) is 69.1. The maximum atomic E-state index is 14.5. The van der Waals surface area contributed by atoms with Crippen LogP contribution in [-0.2, 0) is 70.1 Å². The predicted octanol–water partition coefficient (Wildman–Crippen LogP) is 6.31. The summed E-state index contributed by atoms with van der Waals surface area (Å²) in [4.78, 5) is 137. The minimum Gasteiger partial charge on any atom is -0.495 e. The number of likely N-dealkylation sites (tertiary alicyclic amines) is 1. The van der Waals surface area contributed by atoms with Crippen LogP contribution >= 0.6 is 11.6 Å². The Bertz CT molecular complexity index is 2970. The van der Waals surface area contributed by atoms with Crippen LogP contribution < -0.4 is 26.0 Å². The number of methoxy groups -OCH3 is 2. The number of likely N-dealkylation sites (N-methyl/N-ethyl adjacent to an activating group) is 1. The highest BCUT2D eigenvalue weighted by molar-refractivity contribution is 6.35. The van der Waals surface area contributed by atoms with Gasteiger partial charge in [0, 0.05) is 89.7 Å². The summed E-state index contributed by atoms with van der Waals surface area (Å²) in [5.74, 6) is -5.55. The summed E-state index contributed by atoms with van der Waals surface area (Å²) in [7, 11) is 5.86. The fraction of sp³-hybridized carbons (Fsp3) is 0.594. The first-order chi connectivity index (χ1) is 41.0. The number of hydrogen-bond acceptors (Lipinski definition) is 16. The molecule has 0 radical (unpaired) electrons. The molecule has 23 heteroatoms. The first-order valence-corrected chi connectivity index (χ1v) is 30.3. The second-order valence-electron chi connectivity index (χ2n) is 24.4. The van der Waals surface area contributed by atoms with Gasteiger partial charge in [0.05, 0.1) is 37.8 Å². The molecule has 4 bridgehead atoms. The minimum atomic E-state index is -1.66. The lowest BCUT2D eigenvalue weighted by atomic mass is 9.78. The zero-order valence-electron chi connectivity index (χ0n) is 51.9. The molecule has 0 aromatic heterocycles. The molecule has 7 amide bonds. The predicted molar refractivity (Wildman–Crippen MR) is 322 cm³/mol. The number of carbonyl (C=O) groups excluding carboxylic acids is 10. The molecule has 0 spiro atoms. The largest absolute Gasteiger partial charge is 0.495 e. The van der Waals surface area contributed by atoms with E-state index >= 15 is 0 Å². The number of ketones is 2. The van der Waals surface area contributed by atoms with Gasteiger partial charge in [-0.2, -0.15) is 0 Å². The molecule has 3 fully saturated rings. The zero-order chi connectivity index (χ0) is 64.2. The summed E-state index contributed by atoms with van der Waals surface area (Å²) < 4.78 is 29.8. The van der Waals surface area contributed by atoms with Crippen LogP contribution in [0.15, 0.2) is 60.2 Å². The Balaban J connectivity index is 1.14. The fourth-order valence-corrected chi connectivity index (χ4v) is 12.0. The summed E-state index contributed by atoms with van der Waals surface area (Å²) in [6.07, 6.45) is 3.45. The molecule has 476 valence electrons. The van der Waals surface area contributed by atoms with Gasteiger partial charge < -0.3 is 55.0 Å². The molecule has 4 aliphatic heterocycles. The minimum absolute atomic E-state index is 0.0146. The number of primary amides is 1. The number of fused-ring (bicyclic) bond motifs is 5. The van der Waals surface area contributed by atoms with Gasteiger partial charge in [0.25, 0.3) is 5.91 Å². The van der Waals surface area contributed by atoms with E-state index in [1.165, 1.54) is 62.1 Å². The fourth-order valence-electron chi connectivity index (χ4n) is 11.7. The molecule has 3 saturated heterocycles. The van der Waals surface area contributed by atoms with E-state index in [1.54, 1.807) is 57.2 Å². The number of allylic oxidation sites excluding steroid dienone is 3. The van der Waals surface area contributed by atoms with Gasteiger partial charge in [-0.05, 0) is 94.2 Å². The number of carbonyl (C=O) groups is 10. The van der Waals surface area contributed by atoms with Crippen molar-refractivity contribution in [3.05, 3.63) is 81.9 Å². The van der Waals surface area contributed by atoms with Crippen LogP contribution in [0.25, 0.3) is 0 Å². The number of epoxide rings is 1. The molecular formula is C64H87ClN6O16. The number of rotatable bonds is 24. The van der Waals surface area contributed by atoms with Crippen LogP contribution in [0.3, 0.4) is 0 Å². The lowest BCUT2D eigenvalue weighted by Crippen LogP contribution is -2.53. The molecule has 4 heterocycles. The Morgan fingerprint density at radius 2 is 1.67 bits per heavy atom.